The first-order valence-corrected chi connectivity index (χ1v) is 13.4. The second-order valence-electron chi connectivity index (χ2n) is 8.06. The number of benzene rings is 2. The fraction of sp³-hybridized carbons (Fsp3) is 0.120. The van der Waals surface area contributed by atoms with E-state index in [1.165, 1.54) is 17.4 Å². The molecular formula is C25H20F3N3O4S2. The van der Waals surface area contributed by atoms with Crippen molar-refractivity contribution in [2.24, 2.45) is 0 Å². The third-order valence-corrected chi connectivity index (χ3v) is 6.61. The number of halogens is 3. The van der Waals surface area contributed by atoms with Crippen molar-refractivity contribution in [3.8, 4) is 17.0 Å². The summed E-state index contributed by atoms with van der Waals surface area (Å²) in [7, 11) is -3.48. The summed E-state index contributed by atoms with van der Waals surface area (Å²) in [4.78, 5) is 18.0. The lowest BCUT2D eigenvalue weighted by Crippen LogP contribution is -2.12. The molecule has 1 amide bonds. The second-order valence-corrected chi connectivity index (χ2v) is 11.1. The molecule has 0 saturated carbocycles. The summed E-state index contributed by atoms with van der Waals surface area (Å²) in [6.07, 6.45) is 2.02. The Morgan fingerprint density at radius 2 is 1.70 bits per heavy atom. The third-order valence-electron chi connectivity index (χ3n) is 4.96. The summed E-state index contributed by atoms with van der Waals surface area (Å²) < 4.78 is 71.9. The van der Waals surface area contributed by atoms with Crippen LogP contribution in [0.15, 0.2) is 60.8 Å². The molecule has 0 unspecified atom stereocenters. The van der Waals surface area contributed by atoms with E-state index in [0.717, 1.165) is 36.7 Å². The summed E-state index contributed by atoms with van der Waals surface area (Å²) in [5, 5.41) is 2.71. The molecule has 0 saturated heterocycles. The standard InChI is InChI=1S/C25H20F3N3O4S2/c1-14-21(11-23(36-14)25(32)30-19-4-3-5-20(10-19)31-37(2,33)34)24-22(9-18(28)12-29-24)35-13-15-6-16(26)8-17(27)7-15/h3-12,31H,13H2,1-2H3,(H,30,32). The van der Waals surface area contributed by atoms with Gasteiger partial charge in [-0.3, -0.25) is 9.52 Å². The van der Waals surface area contributed by atoms with Crippen LogP contribution < -0.4 is 14.8 Å². The van der Waals surface area contributed by atoms with Crippen LogP contribution in [0.2, 0.25) is 0 Å². The Kier molecular flexibility index (Phi) is 7.50. The number of hydrogen-bond donors (Lipinski definition) is 2. The molecule has 0 spiro atoms. The number of aryl methyl sites for hydroxylation is 1. The van der Waals surface area contributed by atoms with Gasteiger partial charge in [0.2, 0.25) is 10.0 Å². The van der Waals surface area contributed by atoms with Crippen LogP contribution in [0.5, 0.6) is 5.75 Å². The first-order valence-electron chi connectivity index (χ1n) is 10.7. The molecule has 4 aromatic rings. The van der Waals surface area contributed by atoms with Crippen molar-refractivity contribution in [1.82, 2.24) is 4.98 Å². The number of sulfonamides is 1. The quantitative estimate of drug-likeness (QED) is 0.293. The summed E-state index contributed by atoms with van der Waals surface area (Å²) in [6, 6.07) is 11.8. The topological polar surface area (TPSA) is 97.4 Å². The Morgan fingerprint density at radius 1 is 1.00 bits per heavy atom. The van der Waals surface area contributed by atoms with Gasteiger partial charge in [-0.05, 0) is 48.9 Å². The zero-order valence-electron chi connectivity index (χ0n) is 19.5. The maximum Gasteiger partial charge on any atom is 0.265 e. The molecule has 0 fully saturated rings. The first kappa shape index (κ1) is 26.2. The van der Waals surface area contributed by atoms with E-state index in [1.807, 2.05) is 0 Å². The predicted molar refractivity (Wildman–Crippen MR) is 136 cm³/mol. The average Bonchev–Trinajstić information content (AvgIpc) is 3.18. The summed E-state index contributed by atoms with van der Waals surface area (Å²) >= 11 is 1.17. The lowest BCUT2D eigenvalue weighted by Gasteiger charge is -2.11. The number of aromatic nitrogens is 1. The highest BCUT2D eigenvalue weighted by atomic mass is 32.2. The number of nitrogens with one attached hydrogen (secondary N) is 2. The molecule has 2 heterocycles. The summed E-state index contributed by atoms with van der Waals surface area (Å²) in [5.74, 6) is -2.61. The van der Waals surface area contributed by atoms with Gasteiger partial charge in [-0.25, -0.2) is 26.6 Å². The fourth-order valence-corrected chi connectivity index (χ4v) is 4.96. The fourth-order valence-electron chi connectivity index (χ4n) is 3.48. The highest BCUT2D eigenvalue weighted by molar-refractivity contribution is 7.92. The second kappa shape index (κ2) is 10.6. The number of thiophene rings is 1. The van der Waals surface area contributed by atoms with E-state index in [9.17, 15) is 26.4 Å². The molecule has 7 nitrogen and oxygen atoms in total. The Bertz CT molecular complexity index is 1570. The smallest absolute Gasteiger partial charge is 0.265 e. The molecule has 2 aromatic heterocycles. The van der Waals surface area contributed by atoms with Crippen LogP contribution in [-0.2, 0) is 16.6 Å². The van der Waals surface area contributed by atoms with E-state index >= 15 is 0 Å². The Hall–Kier alpha value is -3.90. The zero-order valence-corrected chi connectivity index (χ0v) is 21.1. The minimum Gasteiger partial charge on any atom is -0.487 e. The molecule has 4 rings (SSSR count). The van der Waals surface area contributed by atoms with Gasteiger partial charge in [0.25, 0.3) is 5.91 Å². The molecular weight excluding hydrogens is 527 g/mol. The van der Waals surface area contributed by atoms with Gasteiger partial charge in [-0.15, -0.1) is 11.3 Å². The number of rotatable bonds is 8. The monoisotopic (exact) mass is 547 g/mol. The highest BCUT2D eigenvalue weighted by Gasteiger charge is 2.19. The molecule has 2 aromatic carbocycles. The van der Waals surface area contributed by atoms with E-state index in [-0.39, 0.29) is 23.6 Å². The number of hydrogen-bond acceptors (Lipinski definition) is 6. The van der Waals surface area contributed by atoms with Gasteiger partial charge >= 0.3 is 0 Å². The number of amides is 1. The van der Waals surface area contributed by atoms with Crippen molar-refractivity contribution in [2.45, 2.75) is 13.5 Å². The summed E-state index contributed by atoms with van der Waals surface area (Å²) in [5.41, 5.74) is 1.65. The number of anilines is 2. The van der Waals surface area contributed by atoms with Crippen molar-refractivity contribution in [2.75, 3.05) is 16.3 Å². The lowest BCUT2D eigenvalue weighted by atomic mass is 10.1. The molecule has 0 radical (unpaired) electrons. The molecule has 0 bridgehead atoms. The van der Waals surface area contributed by atoms with Gasteiger partial charge in [0.15, 0.2) is 0 Å². The van der Waals surface area contributed by atoms with E-state index in [4.69, 9.17) is 4.74 Å². The Morgan fingerprint density at radius 3 is 2.41 bits per heavy atom. The average molecular weight is 548 g/mol. The van der Waals surface area contributed by atoms with Gasteiger partial charge in [0, 0.05) is 28.3 Å². The van der Waals surface area contributed by atoms with Crippen molar-refractivity contribution in [1.29, 1.82) is 0 Å². The third kappa shape index (κ3) is 6.86. The van der Waals surface area contributed by atoms with Crippen LogP contribution in [0.1, 0.15) is 20.1 Å². The number of carbonyl (C=O) groups excluding carboxylic acids is 1. The zero-order chi connectivity index (χ0) is 26.7. The molecule has 2 N–H and O–H groups in total. The molecule has 0 atom stereocenters. The highest BCUT2D eigenvalue weighted by Crippen LogP contribution is 2.36. The van der Waals surface area contributed by atoms with Crippen LogP contribution in [0.4, 0.5) is 24.5 Å². The maximum absolute atomic E-state index is 14.0. The molecule has 0 aliphatic heterocycles. The SMILES string of the molecule is Cc1sc(C(=O)Nc2cccc(NS(C)(=O)=O)c2)cc1-c1ncc(F)cc1OCc1cc(F)cc(F)c1. The van der Waals surface area contributed by atoms with Crippen molar-refractivity contribution >= 4 is 38.6 Å². The van der Waals surface area contributed by atoms with Crippen molar-refractivity contribution in [3.63, 3.8) is 0 Å². The molecule has 0 aliphatic rings. The van der Waals surface area contributed by atoms with Crippen LogP contribution in [0.25, 0.3) is 11.3 Å². The lowest BCUT2D eigenvalue weighted by molar-refractivity contribution is 0.103. The minimum atomic E-state index is -3.48. The predicted octanol–water partition coefficient (Wildman–Crippen LogP) is 5.74. The van der Waals surface area contributed by atoms with Crippen molar-refractivity contribution in [3.05, 3.63) is 93.6 Å². The minimum absolute atomic E-state index is 0.0390. The van der Waals surface area contributed by atoms with E-state index in [0.29, 0.717) is 26.7 Å². The largest absolute Gasteiger partial charge is 0.487 e. The van der Waals surface area contributed by atoms with E-state index in [1.54, 1.807) is 31.2 Å². The normalized spacial score (nSPS) is 11.3. The molecule has 0 aliphatic carbocycles. The summed E-state index contributed by atoms with van der Waals surface area (Å²) in [6.45, 7) is 1.52. The van der Waals surface area contributed by atoms with Crippen LogP contribution in [0, 0.1) is 24.4 Å². The van der Waals surface area contributed by atoms with Crippen LogP contribution in [-0.4, -0.2) is 25.6 Å². The Labute approximate surface area is 215 Å². The Balaban J connectivity index is 1.57. The van der Waals surface area contributed by atoms with Crippen molar-refractivity contribution < 1.29 is 31.1 Å². The van der Waals surface area contributed by atoms with Gasteiger partial charge in [0.1, 0.15) is 35.5 Å². The van der Waals surface area contributed by atoms with Gasteiger partial charge < -0.3 is 10.1 Å². The first-order chi connectivity index (χ1) is 17.5. The van der Waals surface area contributed by atoms with E-state index in [2.05, 4.69) is 15.0 Å². The van der Waals surface area contributed by atoms with Crippen LogP contribution >= 0.6 is 11.3 Å². The van der Waals surface area contributed by atoms with Gasteiger partial charge in [-0.2, -0.15) is 0 Å². The van der Waals surface area contributed by atoms with Crippen LogP contribution in [0.3, 0.4) is 0 Å². The maximum atomic E-state index is 14.0. The molecule has 12 heteroatoms. The molecule has 37 heavy (non-hydrogen) atoms. The van der Waals surface area contributed by atoms with Gasteiger partial charge in [0.05, 0.1) is 23.0 Å². The van der Waals surface area contributed by atoms with Gasteiger partial charge in [-0.1, -0.05) is 6.07 Å². The number of ether oxygens (including phenoxy) is 1. The number of pyridine rings is 1. The number of carbonyl (C=O) groups is 1. The van der Waals surface area contributed by atoms with E-state index < -0.39 is 33.4 Å². The molecule has 192 valence electrons. The number of nitrogens with zero attached hydrogens (tertiary/aromatic N) is 1.